The molecule has 4 rings (SSSR count). The van der Waals surface area contributed by atoms with Crippen LogP contribution in [0.1, 0.15) is 21.8 Å². The maximum Gasteiger partial charge on any atom is 0.416 e. The lowest BCUT2D eigenvalue weighted by Crippen LogP contribution is -2.09. The summed E-state index contributed by atoms with van der Waals surface area (Å²) in [7, 11) is 0. The summed E-state index contributed by atoms with van der Waals surface area (Å²) in [5.74, 6) is -0.282. The fraction of sp³-hybridized carbons (Fsp3) is 0.227. The van der Waals surface area contributed by atoms with E-state index in [0.29, 0.717) is 16.3 Å². The lowest BCUT2D eigenvalue weighted by molar-refractivity contribution is -0.138. The van der Waals surface area contributed by atoms with E-state index in [1.54, 1.807) is 11.8 Å². The van der Waals surface area contributed by atoms with Crippen LogP contribution >= 0.6 is 23.1 Å². The maximum atomic E-state index is 12.8. The van der Waals surface area contributed by atoms with Gasteiger partial charge in [-0.1, -0.05) is 12.1 Å². The van der Waals surface area contributed by atoms with Gasteiger partial charge in [-0.3, -0.25) is 9.48 Å². The van der Waals surface area contributed by atoms with Crippen LogP contribution < -0.4 is 0 Å². The number of carboxylic acids is 1. The molecule has 166 valence electrons. The number of alkyl halides is 3. The summed E-state index contributed by atoms with van der Waals surface area (Å²) in [5.41, 5.74) is 2.37. The zero-order valence-electron chi connectivity index (χ0n) is 17.1. The van der Waals surface area contributed by atoms with Gasteiger partial charge in [-0.15, -0.1) is 23.1 Å². The SMILES string of the molecule is Cc1nc(-c2ccc(C(F)(F)F)cc2)sc1CSc1ccc2c(c1)c(C)nn2CC(=O)O. The second-order valence-electron chi connectivity index (χ2n) is 7.21. The summed E-state index contributed by atoms with van der Waals surface area (Å²) in [6, 6.07) is 10.8. The van der Waals surface area contributed by atoms with Crippen molar-refractivity contribution in [1.82, 2.24) is 14.8 Å². The van der Waals surface area contributed by atoms with Crippen molar-refractivity contribution < 1.29 is 23.1 Å². The fourth-order valence-electron chi connectivity index (χ4n) is 3.29. The Balaban J connectivity index is 1.51. The van der Waals surface area contributed by atoms with Crippen LogP contribution in [0.15, 0.2) is 47.4 Å². The van der Waals surface area contributed by atoms with Crippen molar-refractivity contribution in [2.24, 2.45) is 0 Å². The van der Waals surface area contributed by atoms with Gasteiger partial charge in [-0.25, -0.2) is 4.98 Å². The molecule has 2 aromatic heterocycles. The number of hydrogen-bond acceptors (Lipinski definition) is 5. The first-order valence-electron chi connectivity index (χ1n) is 9.57. The number of thiazole rings is 1. The van der Waals surface area contributed by atoms with Gasteiger partial charge in [-0.2, -0.15) is 18.3 Å². The van der Waals surface area contributed by atoms with Crippen molar-refractivity contribution in [2.75, 3.05) is 0 Å². The molecule has 0 amide bonds. The van der Waals surface area contributed by atoms with Crippen molar-refractivity contribution in [1.29, 1.82) is 0 Å². The van der Waals surface area contributed by atoms with Gasteiger partial charge in [0.15, 0.2) is 0 Å². The molecule has 10 heteroatoms. The minimum Gasteiger partial charge on any atom is -0.480 e. The van der Waals surface area contributed by atoms with E-state index in [2.05, 4.69) is 10.1 Å². The topological polar surface area (TPSA) is 68.0 Å². The molecule has 2 aromatic carbocycles. The van der Waals surface area contributed by atoms with Crippen LogP contribution in [-0.4, -0.2) is 25.8 Å². The Kier molecular flexibility index (Phi) is 6.00. The highest BCUT2D eigenvalue weighted by atomic mass is 32.2. The Hall–Kier alpha value is -2.85. The third kappa shape index (κ3) is 4.66. The van der Waals surface area contributed by atoms with Crippen LogP contribution in [0, 0.1) is 13.8 Å². The fourth-order valence-corrected chi connectivity index (χ4v) is 5.44. The Morgan fingerprint density at radius 1 is 1.12 bits per heavy atom. The number of aliphatic carboxylic acids is 1. The smallest absolute Gasteiger partial charge is 0.416 e. The van der Waals surface area contributed by atoms with Gasteiger partial charge in [0, 0.05) is 26.5 Å². The number of aromatic nitrogens is 3. The second-order valence-corrected chi connectivity index (χ2v) is 9.34. The van der Waals surface area contributed by atoms with Crippen LogP contribution in [0.2, 0.25) is 0 Å². The van der Waals surface area contributed by atoms with Crippen molar-refractivity contribution in [2.45, 2.75) is 37.2 Å². The van der Waals surface area contributed by atoms with E-state index in [1.807, 2.05) is 32.0 Å². The summed E-state index contributed by atoms with van der Waals surface area (Å²) in [5, 5.41) is 14.9. The molecule has 32 heavy (non-hydrogen) atoms. The van der Waals surface area contributed by atoms with Gasteiger partial charge in [0.05, 0.1) is 22.5 Å². The molecule has 0 atom stereocenters. The first-order valence-corrected chi connectivity index (χ1v) is 11.4. The maximum absolute atomic E-state index is 12.8. The van der Waals surface area contributed by atoms with Crippen LogP contribution in [0.25, 0.3) is 21.5 Å². The molecule has 0 unspecified atom stereocenters. The van der Waals surface area contributed by atoms with Crippen LogP contribution in [-0.2, 0) is 23.3 Å². The molecule has 0 aliphatic heterocycles. The van der Waals surface area contributed by atoms with Crippen molar-refractivity contribution in [3.8, 4) is 10.6 Å². The highest BCUT2D eigenvalue weighted by Crippen LogP contribution is 2.35. The zero-order chi connectivity index (χ0) is 23.0. The minimum absolute atomic E-state index is 0.191. The lowest BCUT2D eigenvalue weighted by Gasteiger charge is -2.06. The number of hydrogen-bond donors (Lipinski definition) is 1. The number of fused-ring (bicyclic) bond motifs is 1. The number of carbonyl (C=O) groups is 1. The van der Waals surface area contributed by atoms with E-state index in [4.69, 9.17) is 5.11 Å². The first kappa shape index (κ1) is 22.3. The van der Waals surface area contributed by atoms with Crippen molar-refractivity contribution in [3.05, 3.63) is 64.3 Å². The van der Waals surface area contributed by atoms with E-state index in [9.17, 15) is 18.0 Å². The summed E-state index contributed by atoms with van der Waals surface area (Å²) in [4.78, 5) is 17.6. The quantitative estimate of drug-likeness (QED) is 0.336. The van der Waals surface area contributed by atoms with E-state index >= 15 is 0 Å². The average Bonchev–Trinajstić information content (AvgIpc) is 3.25. The predicted octanol–water partition coefficient (Wildman–Crippen LogP) is 6.17. The average molecular weight is 478 g/mol. The van der Waals surface area contributed by atoms with Crippen LogP contribution in [0.4, 0.5) is 13.2 Å². The molecular formula is C22H18F3N3O2S2. The summed E-state index contributed by atoms with van der Waals surface area (Å²) < 4.78 is 39.8. The molecule has 0 radical (unpaired) electrons. The molecule has 0 saturated heterocycles. The minimum atomic E-state index is -4.36. The van der Waals surface area contributed by atoms with Gasteiger partial charge in [0.1, 0.15) is 11.6 Å². The van der Waals surface area contributed by atoms with Gasteiger partial charge < -0.3 is 5.11 Å². The van der Waals surface area contributed by atoms with Crippen molar-refractivity contribution in [3.63, 3.8) is 0 Å². The van der Waals surface area contributed by atoms with Crippen molar-refractivity contribution >= 4 is 40.0 Å². The number of aryl methyl sites for hydroxylation is 2. The Bertz CT molecular complexity index is 1290. The Morgan fingerprint density at radius 3 is 2.50 bits per heavy atom. The summed E-state index contributed by atoms with van der Waals surface area (Å²) in [6.45, 7) is 3.55. The molecule has 4 aromatic rings. The highest BCUT2D eigenvalue weighted by molar-refractivity contribution is 7.98. The van der Waals surface area contributed by atoms with E-state index < -0.39 is 17.7 Å². The third-order valence-electron chi connectivity index (χ3n) is 4.91. The molecule has 2 heterocycles. The predicted molar refractivity (Wildman–Crippen MR) is 119 cm³/mol. The summed E-state index contributed by atoms with van der Waals surface area (Å²) >= 11 is 3.09. The van der Waals surface area contributed by atoms with Gasteiger partial charge in [0.25, 0.3) is 0 Å². The molecule has 0 aliphatic carbocycles. The monoisotopic (exact) mass is 477 g/mol. The molecular weight excluding hydrogens is 459 g/mol. The normalized spacial score (nSPS) is 11.9. The van der Waals surface area contributed by atoms with Crippen LogP contribution in [0.5, 0.6) is 0 Å². The van der Waals surface area contributed by atoms with E-state index in [1.165, 1.54) is 28.2 Å². The van der Waals surface area contributed by atoms with E-state index in [0.717, 1.165) is 44.2 Å². The first-order chi connectivity index (χ1) is 15.1. The molecule has 5 nitrogen and oxygen atoms in total. The number of carboxylic acid groups (broad SMARTS) is 1. The summed E-state index contributed by atoms with van der Waals surface area (Å²) in [6.07, 6.45) is -4.36. The zero-order valence-corrected chi connectivity index (χ0v) is 18.7. The number of nitrogens with zero attached hydrogens (tertiary/aromatic N) is 3. The number of thioether (sulfide) groups is 1. The molecule has 1 N–H and O–H groups in total. The standard InChI is InChI=1S/C22H18F3N3O2S2/c1-12-17-9-16(7-8-18(17)28(27-12)10-20(29)30)31-11-19-13(2)26-21(32-19)14-3-5-15(6-4-14)22(23,24)25/h3-9H,10-11H2,1-2H3,(H,29,30). The molecule has 0 saturated carbocycles. The van der Waals surface area contributed by atoms with Gasteiger partial charge in [-0.05, 0) is 44.2 Å². The molecule has 0 bridgehead atoms. The largest absolute Gasteiger partial charge is 0.480 e. The van der Waals surface area contributed by atoms with Crippen LogP contribution in [0.3, 0.4) is 0 Å². The molecule has 0 fully saturated rings. The van der Waals surface area contributed by atoms with Gasteiger partial charge in [0.2, 0.25) is 0 Å². The highest BCUT2D eigenvalue weighted by Gasteiger charge is 2.30. The number of benzene rings is 2. The Morgan fingerprint density at radius 2 is 1.84 bits per heavy atom. The van der Waals surface area contributed by atoms with Gasteiger partial charge >= 0.3 is 12.1 Å². The molecule has 0 spiro atoms. The number of rotatable bonds is 6. The second kappa shape index (κ2) is 8.59. The Labute approximate surface area is 189 Å². The third-order valence-corrected chi connectivity index (χ3v) is 7.32. The van der Waals surface area contributed by atoms with E-state index in [-0.39, 0.29) is 6.54 Å². The molecule has 0 aliphatic rings. The lowest BCUT2D eigenvalue weighted by atomic mass is 10.1. The number of halogens is 3.